The first-order valence-corrected chi connectivity index (χ1v) is 23.8. The third-order valence-corrected chi connectivity index (χ3v) is 21.1. The Bertz CT molecular complexity index is 1830. The lowest BCUT2D eigenvalue weighted by Gasteiger charge is -2.51. The highest BCUT2D eigenvalue weighted by Crippen LogP contribution is 2.48. The van der Waals surface area contributed by atoms with E-state index >= 15 is 0 Å². The van der Waals surface area contributed by atoms with Crippen molar-refractivity contribution in [2.75, 3.05) is 30.7 Å². The second-order valence-electron chi connectivity index (χ2n) is 15.4. The SMILES string of the molecule is CC(C)[Si]1(C(C)C)OC[C@H]2O[C@@H](n3ccc(NC(=O)c4ccccc4)nc3=O)[C@H](OCOCc3ccc(N(C)C(=O)C(Cl)Cl)cc3)[C@@H]2O[Si](C(C)C)(C(C)C)O1. The maximum absolute atomic E-state index is 13.7. The Morgan fingerprint density at radius 1 is 0.929 bits per heavy atom. The highest BCUT2D eigenvalue weighted by molar-refractivity contribution is 6.84. The molecule has 0 aliphatic carbocycles. The fourth-order valence-corrected chi connectivity index (χ4v) is 18.9. The van der Waals surface area contributed by atoms with Crippen molar-refractivity contribution in [2.45, 2.75) is 114 Å². The largest absolute Gasteiger partial charge is 0.414 e. The van der Waals surface area contributed by atoms with E-state index in [-0.39, 0.29) is 48.0 Å². The maximum Gasteiger partial charge on any atom is 0.351 e. The van der Waals surface area contributed by atoms with Crippen LogP contribution in [0, 0.1) is 0 Å². The van der Waals surface area contributed by atoms with Crippen LogP contribution in [0.15, 0.2) is 71.7 Å². The molecule has 2 aliphatic heterocycles. The number of halogens is 2. The van der Waals surface area contributed by atoms with Crippen LogP contribution in [0.2, 0.25) is 22.2 Å². The van der Waals surface area contributed by atoms with Gasteiger partial charge in [0.1, 0.15) is 30.9 Å². The van der Waals surface area contributed by atoms with E-state index < -0.39 is 64.0 Å². The second kappa shape index (κ2) is 18.7. The van der Waals surface area contributed by atoms with Gasteiger partial charge in [-0.3, -0.25) is 14.2 Å². The van der Waals surface area contributed by atoms with E-state index in [2.05, 4.69) is 65.7 Å². The van der Waals surface area contributed by atoms with Crippen molar-refractivity contribution in [1.82, 2.24) is 9.55 Å². The molecule has 17 heteroatoms. The van der Waals surface area contributed by atoms with E-state index in [1.54, 1.807) is 49.5 Å². The lowest BCUT2D eigenvalue weighted by atomic mass is 10.1. The number of aromatic nitrogens is 2. The number of fused-ring (bicyclic) bond motifs is 1. The highest BCUT2D eigenvalue weighted by atomic mass is 35.5. The Labute approximate surface area is 341 Å². The summed E-state index contributed by atoms with van der Waals surface area (Å²) in [6, 6.07) is 17.4. The van der Waals surface area contributed by atoms with Crippen LogP contribution < -0.4 is 15.9 Å². The molecule has 2 aliphatic rings. The Morgan fingerprint density at radius 3 is 2.12 bits per heavy atom. The number of alkyl halides is 2. The van der Waals surface area contributed by atoms with Gasteiger partial charge >= 0.3 is 22.8 Å². The van der Waals surface area contributed by atoms with Gasteiger partial charge in [0.2, 0.25) is 0 Å². The number of anilines is 2. The molecule has 3 heterocycles. The third kappa shape index (κ3) is 9.49. The summed E-state index contributed by atoms with van der Waals surface area (Å²) < 4.78 is 42.2. The number of hydrogen-bond donors (Lipinski definition) is 1. The monoisotopic (exact) mass is 848 g/mol. The molecule has 13 nitrogen and oxygen atoms in total. The molecule has 0 bridgehead atoms. The predicted octanol–water partition coefficient (Wildman–Crippen LogP) is 7.68. The molecule has 0 spiro atoms. The molecule has 56 heavy (non-hydrogen) atoms. The van der Waals surface area contributed by atoms with Crippen molar-refractivity contribution in [3.05, 3.63) is 88.5 Å². The fourth-order valence-electron chi connectivity index (χ4n) is 7.35. The van der Waals surface area contributed by atoms with Gasteiger partial charge in [-0.05, 0) is 58.1 Å². The number of nitrogens with one attached hydrogen (secondary N) is 1. The number of carbonyl (C=O) groups is 2. The topological polar surface area (TPSA) is 140 Å². The Hall–Kier alpha value is -2.97. The summed E-state index contributed by atoms with van der Waals surface area (Å²) in [6.07, 6.45) is -1.58. The number of carbonyl (C=O) groups excluding carboxylic acids is 2. The van der Waals surface area contributed by atoms with E-state index in [9.17, 15) is 14.4 Å². The van der Waals surface area contributed by atoms with E-state index in [1.165, 1.54) is 15.7 Å². The molecule has 0 radical (unpaired) electrons. The minimum atomic E-state index is -3.10. The van der Waals surface area contributed by atoms with Gasteiger partial charge in [-0.1, -0.05) is 109 Å². The summed E-state index contributed by atoms with van der Waals surface area (Å²) in [5.74, 6) is -0.732. The average Bonchev–Trinajstić information content (AvgIpc) is 3.48. The molecule has 5 rings (SSSR count). The number of nitrogens with zero attached hydrogens (tertiary/aromatic N) is 3. The normalized spacial score (nSPS) is 22.0. The standard InChI is InChI=1S/C39H54Cl2N4O9Si2/c1-24(2)55(25(3)4)51-22-31-33(53-56(54-55,26(5)6)27(7)8)34(50-23-49-21-28-15-17-30(18-16-28)44(9)37(47)35(40)41)38(52-31)45-20-19-32(43-39(45)48)42-36(46)29-13-11-10-12-14-29/h10-20,24-27,31,33-35,38H,21-23H2,1-9H3,(H,42,43,46,48)/t31-,33-,34-,38-/m1/s1. The molecule has 306 valence electrons. The summed E-state index contributed by atoms with van der Waals surface area (Å²) in [4.78, 5) is 43.2. The summed E-state index contributed by atoms with van der Waals surface area (Å²) >= 11 is 11.5. The Kier molecular flexibility index (Phi) is 14.8. The first-order chi connectivity index (χ1) is 26.5. The molecule has 2 fully saturated rings. The average molecular weight is 850 g/mol. The molecule has 4 atom stereocenters. The van der Waals surface area contributed by atoms with Crippen molar-refractivity contribution >= 4 is 63.6 Å². The number of rotatable bonds is 14. The molecule has 2 aromatic carbocycles. The Balaban J connectivity index is 1.44. The predicted molar refractivity (Wildman–Crippen MR) is 220 cm³/mol. The van der Waals surface area contributed by atoms with Crippen molar-refractivity contribution < 1.29 is 36.8 Å². The van der Waals surface area contributed by atoms with Crippen molar-refractivity contribution in [2.24, 2.45) is 0 Å². The summed E-state index contributed by atoms with van der Waals surface area (Å²) in [5, 5.41) is 2.70. The van der Waals surface area contributed by atoms with Crippen molar-refractivity contribution in [1.29, 1.82) is 0 Å². The quantitative estimate of drug-likeness (QED) is 0.0744. The molecule has 2 saturated heterocycles. The van der Waals surface area contributed by atoms with Crippen molar-refractivity contribution in [3.63, 3.8) is 0 Å². The molecular weight excluding hydrogens is 796 g/mol. The van der Waals surface area contributed by atoms with Crippen molar-refractivity contribution in [3.8, 4) is 0 Å². The maximum atomic E-state index is 13.7. The van der Waals surface area contributed by atoms with E-state index in [4.69, 9.17) is 50.4 Å². The van der Waals surface area contributed by atoms with Crippen LogP contribution in [0.1, 0.15) is 77.5 Å². The van der Waals surface area contributed by atoms with Gasteiger partial charge in [0, 0.05) is 24.5 Å². The third-order valence-electron chi connectivity index (χ3n) is 10.5. The molecule has 1 N–H and O–H groups in total. The smallest absolute Gasteiger partial charge is 0.351 e. The minimum absolute atomic E-state index is 0.0409. The molecule has 2 amide bonds. The van der Waals surface area contributed by atoms with Gasteiger partial charge in [0.05, 0.1) is 13.2 Å². The number of ether oxygens (including phenoxy) is 3. The number of amides is 2. The van der Waals surface area contributed by atoms with E-state index in [0.29, 0.717) is 11.3 Å². The fraction of sp³-hybridized carbons (Fsp3) is 0.538. The van der Waals surface area contributed by atoms with E-state index in [0.717, 1.165) is 5.56 Å². The van der Waals surface area contributed by atoms with Gasteiger partial charge in [-0.2, -0.15) is 4.98 Å². The summed E-state index contributed by atoms with van der Waals surface area (Å²) in [5.41, 5.74) is 1.57. The highest BCUT2D eigenvalue weighted by Gasteiger charge is 2.62. The molecular formula is C39H54Cl2N4O9Si2. The lowest BCUT2D eigenvalue weighted by Crippen LogP contribution is -2.66. The van der Waals surface area contributed by atoms with Crippen LogP contribution in [-0.2, 0) is 38.6 Å². The number of hydrogen-bond acceptors (Lipinski definition) is 10. The molecule has 1 aromatic heterocycles. The lowest BCUT2D eigenvalue weighted by molar-refractivity contribution is -0.143. The summed E-state index contributed by atoms with van der Waals surface area (Å²) in [7, 11) is -4.39. The van der Waals surface area contributed by atoms with Crippen LogP contribution >= 0.6 is 23.2 Å². The van der Waals surface area contributed by atoms with Gasteiger partial charge in [0.15, 0.2) is 11.1 Å². The van der Waals surface area contributed by atoms with Gasteiger partial charge in [-0.25, -0.2) is 4.79 Å². The van der Waals surface area contributed by atoms with Gasteiger partial charge < -0.3 is 37.4 Å². The zero-order chi connectivity index (χ0) is 40.9. The molecule has 0 saturated carbocycles. The van der Waals surface area contributed by atoms with Crippen LogP contribution in [0.4, 0.5) is 11.5 Å². The Morgan fingerprint density at radius 2 is 1.55 bits per heavy atom. The number of benzene rings is 2. The van der Waals surface area contributed by atoms with Gasteiger partial charge in [-0.15, -0.1) is 0 Å². The zero-order valence-corrected chi connectivity index (χ0v) is 37.0. The van der Waals surface area contributed by atoms with Crippen LogP contribution in [0.3, 0.4) is 0 Å². The van der Waals surface area contributed by atoms with Gasteiger partial charge in [0.25, 0.3) is 11.8 Å². The zero-order valence-electron chi connectivity index (χ0n) is 33.4. The van der Waals surface area contributed by atoms with Crippen LogP contribution in [0.25, 0.3) is 0 Å². The van der Waals surface area contributed by atoms with Crippen LogP contribution in [0.5, 0.6) is 0 Å². The second-order valence-corrected chi connectivity index (χ2v) is 25.3. The first-order valence-electron chi connectivity index (χ1n) is 19.0. The molecule has 0 unspecified atom stereocenters. The van der Waals surface area contributed by atoms with E-state index in [1.807, 2.05) is 18.2 Å². The first kappa shape index (κ1) is 44.1. The van der Waals surface area contributed by atoms with Crippen LogP contribution in [-0.4, -0.2) is 82.1 Å². The minimum Gasteiger partial charge on any atom is -0.414 e. The molecule has 3 aromatic rings. The summed E-state index contributed by atoms with van der Waals surface area (Å²) in [6.45, 7) is 17.3.